The van der Waals surface area contributed by atoms with Crippen molar-refractivity contribution in [2.24, 2.45) is 5.92 Å². The molecular weight excluding hydrogens is 152 g/mol. The summed E-state index contributed by atoms with van der Waals surface area (Å²) in [6, 6.07) is 0. The number of carbonyl (C=O) groups is 1. The third-order valence-electron chi connectivity index (χ3n) is 3.13. The molecule has 2 nitrogen and oxygen atoms in total. The van der Waals surface area contributed by atoms with Gasteiger partial charge >= 0.3 is 0 Å². The second-order valence-corrected chi connectivity index (χ2v) is 4.12. The van der Waals surface area contributed by atoms with Crippen molar-refractivity contribution in [1.29, 1.82) is 0 Å². The van der Waals surface area contributed by atoms with E-state index < -0.39 is 5.60 Å². The van der Waals surface area contributed by atoms with Gasteiger partial charge in [0.2, 0.25) is 0 Å². The molecule has 2 heteroatoms. The van der Waals surface area contributed by atoms with Crippen LogP contribution in [0.1, 0.15) is 26.7 Å². The zero-order valence-corrected chi connectivity index (χ0v) is 7.59. The van der Waals surface area contributed by atoms with E-state index in [0.29, 0.717) is 12.3 Å². The minimum absolute atomic E-state index is 0.181. The van der Waals surface area contributed by atoms with E-state index >= 15 is 0 Å². The number of allylic oxidation sites excluding steroid dienone is 1. The van der Waals surface area contributed by atoms with E-state index in [0.717, 1.165) is 12.0 Å². The fourth-order valence-corrected chi connectivity index (χ4v) is 1.92. The van der Waals surface area contributed by atoms with Gasteiger partial charge in [0.05, 0.1) is 6.10 Å². The van der Waals surface area contributed by atoms with E-state index in [1.54, 1.807) is 0 Å². The highest BCUT2D eigenvalue weighted by atomic mass is 16.6. The van der Waals surface area contributed by atoms with Crippen LogP contribution in [0.2, 0.25) is 0 Å². The van der Waals surface area contributed by atoms with Crippen LogP contribution in [-0.2, 0) is 9.53 Å². The maximum absolute atomic E-state index is 11.5. The van der Waals surface area contributed by atoms with E-state index in [1.807, 2.05) is 13.8 Å². The van der Waals surface area contributed by atoms with Crippen molar-refractivity contribution in [1.82, 2.24) is 0 Å². The lowest BCUT2D eigenvalue weighted by Crippen LogP contribution is -2.32. The summed E-state index contributed by atoms with van der Waals surface area (Å²) in [5.74, 6) is 0.616. The van der Waals surface area contributed by atoms with E-state index in [2.05, 4.69) is 6.58 Å². The van der Waals surface area contributed by atoms with Crippen LogP contribution in [0.5, 0.6) is 0 Å². The monoisotopic (exact) mass is 166 g/mol. The lowest BCUT2D eigenvalue weighted by Gasteiger charge is -2.21. The van der Waals surface area contributed by atoms with Crippen LogP contribution in [-0.4, -0.2) is 17.5 Å². The number of fused-ring (bicyclic) bond motifs is 1. The second-order valence-electron chi connectivity index (χ2n) is 4.12. The number of ether oxygens (including phenoxy) is 1. The summed E-state index contributed by atoms with van der Waals surface area (Å²) in [5, 5.41) is 0. The lowest BCUT2D eigenvalue weighted by atomic mass is 9.79. The van der Waals surface area contributed by atoms with Gasteiger partial charge in [-0.15, -0.1) is 0 Å². The largest absolute Gasteiger partial charge is 0.358 e. The van der Waals surface area contributed by atoms with Crippen molar-refractivity contribution in [2.45, 2.75) is 38.4 Å². The van der Waals surface area contributed by atoms with E-state index in [1.165, 1.54) is 0 Å². The average Bonchev–Trinajstić information content (AvgIpc) is 2.62. The number of hydrogen-bond acceptors (Lipinski definition) is 2. The molecule has 12 heavy (non-hydrogen) atoms. The van der Waals surface area contributed by atoms with E-state index in [4.69, 9.17) is 4.74 Å². The number of Topliss-reactive ketones (excluding diaryl/α,β-unsaturated/α-hetero) is 1. The summed E-state index contributed by atoms with van der Waals surface area (Å²) in [5.41, 5.74) is 0.701. The molecule has 0 aromatic rings. The summed E-state index contributed by atoms with van der Waals surface area (Å²) in [6.45, 7) is 7.77. The van der Waals surface area contributed by atoms with Gasteiger partial charge in [-0.3, -0.25) is 4.79 Å². The zero-order valence-electron chi connectivity index (χ0n) is 7.59. The van der Waals surface area contributed by atoms with Crippen molar-refractivity contribution in [2.75, 3.05) is 0 Å². The van der Waals surface area contributed by atoms with Crippen molar-refractivity contribution in [3.63, 3.8) is 0 Å². The van der Waals surface area contributed by atoms with Crippen molar-refractivity contribution < 1.29 is 9.53 Å². The Morgan fingerprint density at radius 2 is 2.42 bits per heavy atom. The minimum Gasteiger partial charge on any atom is -0.358 e. The Morgan fingerprint density at radius 3 is 2.92 bits per heavy atom. The molecule has 1 saturated carbocycles. The molecule has 0 aromatic heterocycles. The number of carbonyl (C=O) groups excluding carboxylic acids is 1. The fraction of sp³-hybridized carbons (Fsp3) is 0.700. The molecule has 2 rings (SSSR count). The molecule has 1 heterocycles. The Kier molecular flexibility index (Phi) is 1.46. The van der Waals surface area contributed by atoms with Crippen LogP contribution < -0.4 is 0 Å². The summed E-state index contributed by atoms with van der Waals surface area (Å²) >= 11 is 0. The summed E-state index contributed by atoms with van der Waals surface area (Å²) < 4.78 is 5.37. The maximum atomic E-state index is 11.5. The zero-order chi connectivity index (χ0) is 8.93. The van der Waals surface area contributed by atoms with E-state index in [-0.39, 0.29) is 11.9 Å². The quantitative estimate of drug-likeness (QED) is 0.438. The molecule has 2 aliphatic rings. The predicted molar refractivity (Wildman–Crippen MR) is 45.8 cm³/mol. The van der Waals surface area contributed by atoms with E-state index in [9.17, 15) is 4.79 Å². The highest BCUT2D eigenvalue weighted by Gasteiger charge is 2.61. The summed E-state index contributed by atoms with van der Waals surface area (Å²) in [4.78, 5) is 11.5. The van der Waals surface area contributed by atoms with Crippen LogP contribution in [0.3, 0.4) is 0 Å². The number of ketones is 1. The maximum Gasteiger partial charge on any atom is 0.167 e. The molecule has 1 saturated heterocycles. The molecule has 0 bridgehead atoms. The van der Waals surface area contributed by atoms with Gasteiger partial charge in [-0.25, -0.2) is 0 Å². The molecule has 66 valence electrons. The first-order valence-corrected chi connectivity index (χ1v) is 4.40. The smallest absolute Gasteiger partial charge is 0.167 e. The van der Waals surface area contributed by atoms with Gasteiger partial charge < -0.3 is 4.74 Å². The van der Waals surface area contributed by atoms with Crippen LogP contribution in [0.4, 0.5) is 0 Å². The minimum atomic E-state index is -0.411. The number of epoxide rings is 1. The molecule has 2 fully saturated rings. The van der Waals surface area contributed by atoms with Gasteiger partial charge in [0, 0.05) is 6.42 Å². The Bertz CT molecular complexity index is 257. The Labute approximate surface area is 72.6 Å². The Balaban J connectivity index is 2.12. The SMILES string of the molecule is C=C(C)[C@H]1CC(=O)[C@@]2(C)O[C@H]2C1. The standard InChI is InChI=1S/C10H14O2/c1-6(2)7-4-8(11)10(3)9(5-7)12-10/h7,9H,1,4-5H2,2-3H3/t7-,9-,10+/m0/s1. The van der Waals surface area contributed by atoms with Crippen molar-refractivity contribution >= 4 is 5.78 Å². The van der Waals surface area contributed by atoms with Gasteiger partial charge in [-0.1, -0.05) is 12.2 Å². The molecule has 1 aliphatic heterocycles. The predicted octanol–water partition coefficient (Wildman–Crippen LogP) is 1.70. The van der Waals surface area contributed by atoms with Crippen LogP contribution >= 0.6 is 0 Å². The topological polar surface area (TPSA) is 29.6 Å². The van der Waals surface area contributed by atoms with Gasteiger partial charge in [-0.05, 0) is 26.2 Å². The first-order valence-electron chi connectivity index (χ1n) is 4.40. The van der Waals surface area contributed by atoms with Gasteiger partial charge in [0.25, 0.3) is 0 Å². The molecule has 0 amide bonds. The van der Waals surface area contributed by atoms with Crippen molar-refractivity contribution in [3.05, 3.63) is 12.2 Å². The molecule has 0 spiro atoms. The van der Waals surface area contributed by atoms with Crippen molar-refractivity contribution in [3.8, 4) is 0 Å². The Hall–Kier alpha value is -0.630. The first-order chi connectivity index (χ1) is 5.54. The Morgan fingerprint density at radius 1 is 1.75 bits per heavy atom. The van der Waals surface area contributed by atoms with Crippen LogP contribution in [0.25, 0.3) is 0 Å². The number of hydrogen-bond donors (Lipinski definition) is 0. The summed E-state index contributed by atoms with van der Waals surface area (Å²) in [6.07, 6.45) is 1.79. The second kappa shape index (κ2) is 2.19. The third-order valence-corrected chi connectivity index (χ3v) is 3.13. The molecule has 0 N–H and O–H groups in total. The molecule has 0 unspecified atom stereocenters. The van der Waals surface area contributed by atoms with Crippen LogP contribution in [0, 0.1) is 5.92 Å². The molecule has 0 aromatic carbocycles. The molecule has 3 atom stereocenters. The molecule has 0 radical (unpaired) electrons. The average molecular weight is 166 g/mol. The fourth-order valence-electron chi connectivity index (χ4n) is 1.92. The lowest BCUT2D eigenvalue weighted by molar-refractivity contribution is -0.124. The summed E-state index contributed by atoms with van der Waals surface area (Å²) in [7, 11) is 0. The number of rotatable bonds is 1. The normalized spacial score (nSPS) is 45.3. The van der Waals surface area contributed by atoms with Gasteiger partial charge in [0.1, 0.15) is 5.60 Å². The third kappa shape index (κ3) is 0.944. The first kappa shape index (κ1) is 7.99. The molecule has 1 aliphatic carbocycles. The van der Waals surface area contributed by atoms with Gasteiger partial charge in [-0.2, -0.15) is 0 Å². The van der Waals surface area contributed by atoms with Gasteiger partial charge in [0.15, 0.2) is 5.78 Å². The molecular formula is C10H14O2. The van der Waals surface area contributed by atoms with Crippen LogP contribution in [0.15, 0.2) is 12.2 Å². The highest BCUT2D eigenvalue weighted by Crippen LogP contribution is 2.48. The highest BCUT2D eigenvalue weighted by molar-refractivity contribution is 5.91.